The Morgan fingerprint density at radius 1 is 1.35 bits per heavy atom. The molecule has 4 nitrogen and oxygen atoms in total. The molecule has 1 aromatic carbocycles. The average molecular weight is 241 g/mol. The predicted octanol–water partition coefficient (Wildman–Crippen LogP) is 1.02. The lowest BCUT2D eigenvalue weighted by Crippen LogP contribution is -2.36. The predicted molar refractivity (Wildman–Crippen MR) is 53.3 cm³/mol. The molecule has 1 saturated heterocycles. The van der Waals surface area contributed by atoms with E-state index in [9.17, 15) is 18.4 Å². The molecular formula is C11H9F2NO3. The zero-order valence-electron chi connectivity index (χ0n) is 8.61. The van der Waals surface area contributed by atoms with Crippen molar-refractivity contribution in [1.29, 1.82) is 0 Å². The number of hydrogen-bond donors (Lipinski definition) is 2. The lowest BCUT2D eigenvalue weighted by atomic mass is 9.92. The molecule has 1 fully saturated rings. The van der Waals surface area contributed by atoms with Gasteiger partial charge in [-0.15, -0.1) is 0 Å². The fourth-order valence-electron chi connectivity index (χ4n) is 1.94. The van der Waals surface area contributed by atoms with Gasteiger partial charge in [0.2, 0.25) is 5.91 Å². The molecule has 0 aliphatic carbocycles. The molecule has 0 aromatic heterocycles. The molecule has 1 aromatic rings. The van der Waals surface area contributed by atoms with E-state index >= 15 is 0 Å². The molecule has 0 bridgehead atoms. The Hall–Kier alpha value is -1.98. The first kappa shape index (κ1) is 11.5. The van der Waals surface area contributed by atoms with Gasteiger partial charge in [0.15, 0.2) is 11.6 Å². The third-order valence-corrected chi connectivity index (χ3v) is 2.76. The van der Waals surface area contributed by atoms with Gasteiger partial charge in [-0.2, -0.15) is 0 Å². The Balaban J connectivity index is 2.34. The summed E-state index contributed by atoms with van der Waals surface area (Å²) in [5.74, 6) is -4.32. The average Bonchev–Trinajstić information content (AvgIpc) is 2.64. The minimum atomic E-state index is -1.19. The number of aliphatic carboxylic acids is 1. The normalized spacial score (nSPS) is 23.5. The van der Waals surface area contributed by atoms with Crippen LogP contribution >= 0.6 is 0 Å². The number of carboxylic acid groups (broad SMARTS) is 1. The van der Waals surface area contributed by atoms with Crippen LogP contribution in [0.3, 0.4) is 0 Å². The van der Waals surface area contributed by atoms with Crippen LogP contribution in [0.4, 0.5) is 8.78 Å². The Labute approximate surface area is 95.2 Å². The lowest BCUT2D eigenvalue weighted by Gasteiger charge is -2.14. The molecule has 0 saturated carbocycles. The van der Waals surface area contributed by atoms with E-state index in [-0.39, 0.29) is 6.42 Å². The maximum absolute atomic E-state index is 13.0. The van der Waals surface area contributed by atoms with E-state index in [4.69, 9.17) is 5.11 Å². The molecule has 90 valence electrons. The van der Waals surface area contributed by atoms with Crippen LogP contribution in [0.25, 0.3) is 0 Å². The quantitative estimate of drug-likeness (QED) is 0.812. The summed E-state index contributed by atoms with van der Waals surface area (Å²) in [5, 5.41) is 11.2. The molecule has 1 heterocycles. The summed E-state index contributed by atoms with van der Waals surface area (Å²) in [4.78, 5) is 22.1. The van der Waals surface area contributed by atoms with Crippen LogP contribution in [-0.4, -0.2) is 23.0 Å². The van der Waals surface area contributed by atoms with Crippen molar-refractivity contribution in [3.8, 4) is 0 Å². The molecule has 1 aliphatic rings. The maximum Gasteiger partial charge on any atom is 0.326 e. The molecular weight excluding hydrogens is 232 g/mol. The van der Waals surface area contributed by atoms with Crippen LogP contribution in [0, 0.1) is 11.6 Å². The van der Waals surface area contributed by atoms with Crippen molar-refractivity contribution in [2.24, 2.45) is 0 Å². The fraction of sp³-hybridized carbons (Fsp3) is 0.273. The van der Waals surface area contributed by atoms with Gasteiger partial charge in [0, 0.05) is 12.3 Å². The van der Waals surface area contributed by atoms with Gasteiger partial charge in [0.05, 0.1) is 0 Å². The number of carbonyl (C=O) groups is 2. The SMILES string of the molecule is O=C1CC(c2ccc(F)c(F)c2)C(C(=O)O)N1. The van der Waals surface area contributed by atoms with E-state index < -0.39 is 35.5 Å². The lowest BCUT2D eigenvalue weighted by molar-refractivity contribution is -0.140. The Bertz CT molecular complexity index is 490. The largest absolute Gasteiger partial charge is 0.480 e. The monoisotopic (exact) mass is 241 g/mol. The number of benzene rings is 1. The molecule has 1 aliphatic heterocycles. The van der Waals surface area contributed by atoms with E-state index in [0.717, 1.165) is 12.1 Å². The van der Waals surface area contributed by atoms with Gasteiger partial charge in [-0.25, -0.2) is 13.6 Å². The van der Waals surface area contributed by atoms with Crippen LogP contribution < -0.4 is 5.32 Å². The highest BCUT2D eigenvalue weighted by atomic mass is 19.2. The zero-order valence-corrected chi connectivity index (χ0v) is 8.61. The molecule has 17 heavy (non-hydrogen) atoms. The van der Waals surface area contributed by atoms with Crippen molar-refractivity contribution in [1.82, 2.24) is 5.32 Å². The number of hydrogen-bond acceptors (Lipinski definition) is 2. The zero-order chi connectivity index (χ0) is 12.6. The number of carbonyl (C=O) groups excluding carboxylic acids is 1. The van der Waals surface area contributed by atoms with Crippen molar-refractivity contribution >= 4 is 11.9 Å². The van der Waals surface area contributed by atoms with Gasteiger partial charge >= 0.3 is 5.97 Å². The number of nitrogens with one attached hydrogen (secondary N) is 1. The fourth-order valence-corrected chi connectivity index (χ4v) is 1.94. The summed E-state index contributed by atoms with van der Waals surface area (Å²) in [7, 11) is 0. The van der Waals surface area contributed by atoms with Crippen LogP contribution in [-0.2, 0) is 9.59 Å². The highest BCUT2D eigenvalue weighted by Gasteiger charge is 2.38. The van der Waals surface area contributed by atoms with E-state index in [1.54, 1.807) is 0 Å². The molecule has 2 N–H and O–H groups in total. The first-order chi connectivity index (χ1) is 7.99. The number of halogens is 2. The number of rotatable bonds is 2. The second-order valence-corrected chi connectivity index (χ2v) is 3.87. The van der Waals surface area contributed by atoms with Gasteiger partial charge in [0.1, 0.15) is 6.04 Å². The third kappa shape index (κ3) is 2.11. The van der Waals surface area contributed by atoms with Gasteiger partial charge in [-0.05, 0) is 17.7 Å². The van der Waals surface area contributed by atoms with Crippen molar-refractivity contribution in [3.05, 3.63) is 35.4 Å². The summed E-state index contributed by atoms with van der Waals surface area (Å²) < 4.78 is 25.8. The number of carboxylic acids is 1. The first-order valence-electron chi connectivity index (χ1n) is 4.96. The van der Waals surface area contributed by atoms with Crippen LogP contribution in [0.15, 0.2) is 18.2 Å². The first-order valence-corrected chi connectivity index (χ1v) is 4.96. The van der Waals surface area contributed by atoms with Crippen molar-refractivity contribution in [3.63, 3.8) is 0 Å². The molecule has 2 unspecified atom stereocenters. The van der Waals surface area contributed by atoms with E-state index in [1.807, 2.05) is 0 Å². The topological polar surface area (TPSA) is 66.4 Å². The highest BCUT2D eigenvalue weighted by Crippen LogP contribution is 2.29. The molecule has 0 radical (unpaired) electrons. The number of amides is 1. The summed E-state index contributed by atoms with van der Waals surface area (Å²) in [6, 6.07) is 2.05. The highest BCUT2D eigenvalue weighted by molar-refractivity contribution is 5.89. The van der Waals surface area contributed by atoms with Gasteiger partial charge < -0.3 is 10.4 Å². The molecule has 2 atom stereocenters. The Morgan fingerprint density at radius 2 is 2.06 bits per heavy atom. The Kier molecular flexibility index (Phi) is 2.79. The minimum absolute atomic E-state index is 0.0396. The van der Waals surface area contributed by atoms with Crippen molar-refractivity contribution in [2.75, 3.05) is 0 Å². The van der Waals surface area contributed by atoms with Crippen LogP contribution in [0.5, 0.6) is 0 Å². The summed E-state index contributed by atoms with van der Waals surface area (Å²) >= 11 is 0. The maximum atomic E-state index is 13.0. The smallest absolute Gasteiger partial charge is 0.326 e. The Morgan fingerprint density at radius 3 is 2.65 bits per heavy atom. The van der Waals surface area contributed by atoms with Crippen LogP contribution in [0.2, 0.25) is 0 Å². The van der Waals surface area contributed by atoms with Crippen molar-refractivity contribution < 1.29 is 23.5 Å². The van der Waals surface area contributed by atoms with E-state index in [0.29, 0.717) is 5.56 Å². The molecule has 6 heteroatoms. The minimum Gasteiger partial charge on any atom is -0.480 e. The second kappa shape index (κ2) is 4.12. The third-order valence-electron chi connectivity index (χ3n) is 2.76. The summed E-state index contributed by atoms with van der Waals surface area (Å²) in [5.41, 5.74) is 0.301. The van der Waals surface area contributed by atoms with E-state index in [2.05, 4.69) is 5.32 Å². The standard InChI is InChI=1S/C11H9F2NO3/c12-7-2-1-5(3-8(7)13)6-4-9(15)14-10(6)11(16)17/h1-3,6,10H,4H2,(H,14,15)(H,16,17). The van der Waals surface area contributed by atoms with Gasteiger partial charge in [-0.3, -0.25) is 4.79 Å². The van der Waals surface area contributed by atoms with Crippen LogP contribution in [0.1, 0.15) is 17.9 Å². The van der Waals surface area contributed by atoms with E-state index in [1.165, 1.54) is 6.07 Å². The van der Waals surface area contributed by atoms with Gasteiger partial charge in [-0.1, -0.05) is 6.07 Å². The molecule has 2 rings (SSSR count). The summed E-state index contributed by atoms with van der Waals surface area (Å²) in [6.45, 7) is 0. The summed E-state index contributed by atoms with van der Waals surface area (Å²) in [6.07, 6.45) is -0.0396. The van der Waals surface area contributed by atoms with Crippen molar-refractivity contribution in [2.45, 2.75) is 18.4 Å². The van der Waals surface area contributed by atoms with Gasteiger partial charge in [0.25, 0.3) is 0 Å². The second-order valence-electron chi connectivity index (χ2n) is 3.87. The molecule has 0 spiro atoms. The molecule has 1 amide bonds.